The number of primary amides is 1. The number of nitrogens with one attached hydrogen (secondary N) is 1. The number of aliphatic hydroxyl groups excluding tert-OH is 2. The predicted octanol–water partition coefficient (Wildman–Crippen LogP) is 1.46. The molecule has 196 valence electrons. The number of phenolic OH excluding ortho intramolecular Hbond substituents is 1. The van der Waals surface area contributed by atoms with Gasteiger partial charge in [0, 0.05) is 11.1 Å². The van der Waals surface area contributed by atoms with Gasteiger partial charge in [0.05, 0.1) is 22.9 Å². The topological polar surface area (TPSA) is 208 Å². The summed E-state index contributed by atoms with van der Waals surface area (Å²) in [4.78, 5) is 43.7. The van der Waals surface area contributed by atoms with Crippen LogP contribution in [0.3, 0.4) is 0 Å². The Kier molecular flexibility index (Phi) is 5.53. The highest BCUT2D eigenvalue weighted by atomic mass is 16.6. The minimum Gasteiger partial charge on any atom is -0.507 e. The number of nitrogens with zero attached hydrogens (tertiary/aromatic N) is 2. The number of aromatic amines is 1. The van der Waals surface area contributed by atoms with E-state index in [9.17, 15) is 34.8 Å². The molecule has 1 saturated carbocycles. The van der Waals surface area contributed by atoms with Gasteiger partial charge in [-0.3, -0.25) is 19.5 Å². The molecule has 0 unspecified atom stereocenters. The molecule has 1 fully saturated rings. The first-order valence-corrected chi connectivity index (χ1v) is 11.6. The minimum absolute atomic E-state index is 0.0295. The first-order chi connectivity index (χ1) is 17.9. The maximum absolute atomic E-state index is 13.8. The van der Waals surface area contributed by atoms with Gasteiger partial charge >= 0.3 is 0 Å². The Morgan fingerprint density at radius 1 is 1.24 bits per heavy atom. The quantitative estimate of drug-likeness (QED) is 0.195. The molecule has 5 rings (SSSR count). The van der Waals surface area contributed by atoms with E-state index < -0.39 is 57.7 Å². The number of carbonyl (C=O) groups excluding carboxylic acids is 3. The summed E-state index contributed by atoms with van der Waals surface area (Å²) in [5.41, 5.74) is 3.67. The monoisotopic (exact) mass is 520 g/mol. The predicted molar refractivity (Wildman–Crippen MR) is 134 cm³/mol. The standard InChI is InChI=1S/C26H24N4O8/c1-9(2)14-8-15(29-28-14)11-4-5-16(31)18-12(11)6-10-7-13-20(30-38-3)22(33)19(25(27)36)24(35)26(13,37)23(34)17(10)21(18)32/h4-5,8,10,13,31-33,37H,1,6-7H2,2-3H3,(H2,27,36)(H,28,29)/b30-20-/t10-,13-,26-/m0/s1. The number of rotatable bonds is 4. The van der Waals surface area contributed by atoms with Crippen molar-refractivity contribution in [2.45, 2.75) is 25.4 Å². The summed E-state index contributed by atoms with van der Waals surface area (Å²) in [6.45, 7) is 5.66. The van der Waals surface area contributed by atoms with E-state index in [1.165, 1.54) is 6.07 Å². The molecule has 3 atom stereocenters. The summed E-state index contributed by atoms with van der Waals surface area (Å²) in [7, 11) is 1.15. The molecule has 7 N–H and O–H groups in total. The number of aromatic nitrogens is 2. The van der Waals surface area contributed by atoms with Gasteiger partial charge in [-0.15, -0.1) is 0 Å². The molecule has 3 aliphatic carbocycles. The van der Waals surface area contributed by atoms with Crippen LogP contribution in [0.25, 0.3) is 22.6 Å². The van der Waals surface area contributed by atoms with Gasteiger partial charge in [0.2, 0.25) is 11.6 Å². The van der Waals surface area contributed by atoms with E-state index in [-0.39, 0.29) is 29.7 Å². The lowest BCUT2D eigenvalue weighted by Gasteiger charge is -2.45. The second-order valence-corrected chi connectivity index (χ2v) is 9.56. The van der Waals surface area contributed by atoms with Crippen molar-refractivity contribution in [3.8, 4) is 17.0 Å². The second kappa shape index (κ2) is 8.42. The maximum atomic E-state index is 13.8. The van der Waals surface area contributed by atoms with Crippen LogP contribution < -0.4 is 5.73 Å². The summed E-state index contributed by atoms with van der Waals surface area (Å²) in [6, 6.07) is 4.74. The fourth-order valence-electron chi connectivity index (χ4n) is 5.63. The summed E-state index contributed by atoms with van der Waals surface area (Å²) in [5.74, 6) is -7.94. The number of benzene rings is 1. The average molecular weight is 520 g/mol. The molecule has 1 amide bonds. The average Bonchev–Trinajstić information content (AvgIpc) is 3.34. The molecule has 0 bridgehead atoms. The van der Waals surface area contributed by atoms with Crippen molar-refractivity contribution in [2.24, 2.45) is 22.7 Å². The number of aliphatic hydroxyl groups is 3. The Morgan fingerprint density at radius 3 is 2.55 bits per heavy atom. The van der Waals surface area contributed by atoms with E-state index in [0.717, 1.165) is 12.7 Å². The molecule has 0 spiro atoms. The van der Waals surface area contributed by atoms with Crippen LogP contribution in [0.15, 0.2) is 46.8 Å². The molecule has 3 aliphatic rings. The Labute approximate surface area is 215 Å². The number of hydrogen-bond donors (Lipinski definition) is 6. The summed E-state index contributed by atoms with van der Waals surface area (Å²) in [5, 5.41) is 54.9. The zero-order valence-electron chi connectivity index (χ0n) is 20.4. The molecule has 2 aromatic rings. The Hall–Kier alpha value is -4.71. The number of oxime groups is 1. The number of ketones is 2. The fourth-order valence-corrected chi connectivity index (χ4v) is 5.63. The number of H-pyrrole nitrogens is 1. The minimum atomic E-state index is -2.89. The number of fused-ring (bicyclic) bond motifs is 3. The molecule has 1 aromatic carbocycles. The number of nitrogens with two attached hydrogens (primary N) is 1. The van der Waals surface area contributed by atoms with E-state index in [1.54, 1.807) is 19.1 Å². The third-order valence-electron chi connectivity index (χ3n) is 7.38. The van der Waals surface area contributed by atoms with Crippen molar-refractivity contribution in [1.29, 1.82) is 0 Å². The van der Waals surface area contributed by atoms with Crippen LogP contribution in [0.1, 0.15) is 30.2 Å². The number of aromatic hydroxyl groups is 1. The van der Waals surface area contributed by atoms with E-state index in [4.69, 9.17) is 10.6 Å². The van der Waals surface area contributed by atoms with Crippen molar-refractivity contribution < 1.29 is 39.6 Å². The normalized spacial score (nSPS) is 25.7. The molecule has 38 heavy (non-hydrogen) atoms. The van der Waals surface area contributed by atoms with Crippen molar-refractivity contribution in [2.75, 3.05) is 7.11 Å². The summed E-state index contributed by atoms with van der Waals surface area (Å²) < 4.78 is 0. The van der Waals surface area contributed by atoms with Gasteiger partial charge in [-0.2, -0.15) is 5.10 Å². The number of phenols is 1. The first-order valence-electron chi connectivity index (χ1n) is 11.6. The first kappa shape index (κ1) is 25.0. The highest BCUT2D eigenvalue weighted by molar-refractivity contribution is 6.38. The molecule has 1 heterocycles. The largest absolute Gasteiger partial charge is 0.507 e. The molecule has 12 heteroatoms. The van der Waals surface area contributed by atoms with Crippen LogP contribution in [0, 0.1) is 11.8 Å². The van der Waals surface area contributed by atoms with Crippen molar-refractivity contribution in [1.82, 2.24) is 10.2 Å². The Morgan fingerprint density at radius 2 is 1.95 bits per heavy atom. The third kappa shape index (κ3) is 3.23. The van der Waals surface area contributed by atoms with E-state index >= 15 is 0 Å². The SMILES string of the molecule is C=C(C)c1cc(-c2ccc(O)c3c2C[C@H]2C[C@H]4/C(=N/OC)C(O)=C(C(N)=O)C(=O)[C@@]4(O)C(=O)C2=C3O)[nH]n1. The van der Waals surface area contributed by atoms with Crippen LogP contribution in [0.4, 0.5) is 0 Å². The molecule has 12 nitrogen and oxygen atoms in total. The van der Waals surface area contributed by atoms with Gasteiger partial charge in [0.25, 0.3) is 5.91 Å². The van der Waals surface area contributed by atoms with Gasteiger partial charge in [0.15, 0.2) is 11.4 Å². The molecule has 0 radical (unpaired) electrons. The lowest BCUT2D eigenvalue weighted by molar-refractivity contribution is -0.153. The number of carbonyl (C=O) groups is 3. The van der Waals surface area contributed by atoms with E-state index in [0.29, 0.717) is 22.5 Å². The molecular formula is C26H24N4O8. The molecule has 0 aliphatic heterocycles. The summed E-state index contributed by atoms with van der Waals surface area (Å²) in [6.07, 6.45) is -0.0278. The van der Waals surface area contributed by atoms with Crippen molar-refractivity contribution in [3.05, 3.63) is 58.5 Å². The van der Waals surface area contributed by atoms with Gasteiger partial charge < -0.3 is 31.0 Å². The molecule has 1 aromatic heterocycles. The maximum Gasteiger partial charge on any atom is 0.256 e. The highest BCUT2D eigenvalue weighted by Crippen LogP contribution is 2.51. The van der Waals surface area contributed by atoms with Crippen LogP contribution in [-0.4, -0.2) is 66.5 Å². The van der Waals surface area contributed by atoms with Crippen molar-refractivity contribution in [3.63, 3.8) is 0 Å². The van der Waals surface area contributed by atoms with E-state index in [2.05, 4.69) is 21.9 Å². The van der Waals surface area contributed by atoms with Crippen molar-refractivity contribution >= 4 is 34.5 Å². The summed E-state index contributed by atoms with van der Waals surface area (Å²) >= 11 is 0. The Bertz CT molecular complexity index is 1560. The van der Waals surface area contributed by atoms with Crippen LogP contribution in [-0.2, 0) is 25.6 Å². The van der Waals surface area contributed by atoms with Gasteiger partial charge in [-0.05, 0) is 55.0 Å². The second-order valence-electron chi connectivity index (χ2n) is 9.56. The lowest BCUT2D eigenvalue weighted by atomic mass is 9.58. The number of hydrogen-bond acceptors (Lipinski definition) is 10. The van der Waals surface area contributed by atoms with Crippen LogP contribution in [0.2, 0.25) is 0 Å². The van der Waals surface area contributed by atoms with Gasteiger partial charge in [-0.25, -0.2) is 0 Å². The fraction of sp³-hybridized carbons (Fsp3) is 0.269. The molecule has 0 saturated heterocycles. The number of allylic oxidation sites excluding steroid dienone is 2. The highest BCUT2D eigenvalue weighted by Gasteiger charge is 2.64. The third-order valence-corrected chi connectivity index (χ3v) is 7.38. The van der Waals surface area contributed by atoms with Gasteiger partial charge in [-0.1, -0.05) is 11.7 Å². The zero-order valence-corrected chi connectivity index (χ0v) is 20.4. The molecular weight excluding hydrogens is 496 g/mol. The van der Waals surface area contributed by atoms with Gasteiger partial charge in [0.1, 0.15) is 29.9 Å². The van der Waals surface area contributed by atoms with Crippen LogP contribution >= 0.6 is 0 Å². The number of Topliss-reactive ketones (excluding diaryl/α,β-unsaturated/α-hetero) is 2. The zero-order chi connectivity index (χ0) is 27.7. The van der Waals surface area contributed by atoms with Crippen LogP contribution in [0.5, 0.6) is 5.75 Å². The smallest absolute Gasteiger partial charge is 0.256 e. The van der Waals surface area contributed by atoms with E-state index in [1.807, 2.05) is 0 Å². The number of amides is 1. The lowest BCUT2D eigenvalue weighted by Crippen LogP contribution is -2.64. The Balaban J connectivity index is 1.72.